The molecule has 0 spiro atoms. The van der Waals surface area contributed by atoms with E-state index in [-0.39, 0.29) is 39.1 Å². The van der Waals surface area contributed by atoms with E-state index in [9.17, 15) is 17.6 Å². The lowest BCUT2D eigenvalue weighted by Gasteiger charge is -2.09. The van der Waals surface area contributed by atoms with Crippen LogP contribution in [0.25, 0.3) is 28.2 Å². The Balaban J connectivity index is 2.09. The Morgan fingerprint density at radius 1 is 1.29 bits per heavy atom. The fourth-order valence-electron chi connectivity index (χ4n) is 2.83. The van der Waals surface area contributed by atoms with Gasteiger partial charge in [0, 0.05) is 13.1 Å². The number of pyridine rings is 1. The summed E-state index contributed by atoms with van der Waals surface area (Å²) in [6, 6.07) is 5.06. The highest BCUT2D eigenvalue weighted by molar-refractivity contribution is 7.89. The molecule has 1 aromatic carbocycles. The highest BCUT2D eigenvalue weighted by atomic mass is 35.5. The maximum absolute atomic E-state index is 13.5. The van der Waals surface area contributed by atoms with Gasteiger partial charge in [0.2, 0.25) is 10.0 Å². The van der Waals surface area contributed by atoms with Crippen LogP contribution in [0.5, 0.6) is 0 Å². The number of fused-ring (bicyclic) bond motifs is 1. The Bertz CT molecular complexity index is 1410. The first-order valence-electron chi connectivity index (χ1n) is 7.63. The van der Waals surface area contributed by atoms with Gasteiger partial charge >= 0.3 is 5.76 Å². The van der Waals surface area contributed by atoms with E-state index in [0.717, 1.165) is 20.9 Å². The average Bonchev–Trinajstić information content (AvgIpc) is 3.16. The van der Waals surface area contributed by atoms with Crippen molar-refractivity contribution in [3.05, 3.63) is 64.6 Å². The molecule has 0 fully saturated rings. The van der Waals surface area contributed by atoms with Gasteiger partial charge in [-0.1, -0.05) is 16.8 Å². The molecule has 0 saturated heterocycles. The van der Waals surface area contributed by atoms with Crippen molar-refractivity contribution < 1.29 is 17.3 Å². The molecule has 3 aromatic heterocycles. The maximum Gasteiger partial charge on any atom is 0.446 e. The largest absolute Gasteiger partial charge is 0.446 e. The molecule has 12 heteroatoms. The van der Waals surface area contributed by atoms with Crippen LogP contribution in [0.2, 0.25) is 5.02 Å². The normalized spacial score (nSPS) is 12.0. The number of aromatic nitrogens is 5. The fourth-order valence-corrected chi connectivity index (χ4v) is 3.94. The number of hydrogen-bond acceptors (Lipinski definition) is 7. The molecule has 3 heterocycles. The van der Waals surface area contributed by atoms with Gasteiger partial charge in [0.15, 0.2) is 11.5 Å². The van der Waals surface area contributed by atoms with Crippen molar-refractivity contribution in [2.24, 2.45) is 0 Å². The molecule has 0 N–H and O–H groups in total. The predicted molar refractivity (Wildman–Crippen MR) is 98.3 cm³/mol. The number of halogens is 2. The second-order valence-corrected chi connectivity index (χ2v) is 8.03. The minimum atomic E-state index is -3.80. The van der Waals surface area contributed by atoms with E-state index in [2.05, 4.69) is 22.0 Å². The second kappa shape index (κ2) is 6.24. The van der Waals surface area contributed by atoms with Gasteiger partial charge in [-0.25, -0.2) is 36.1 Å². The molecule has 143 valence electrons. The van der Waals surface area contributed by atoms with Gasteiger partial charge < -0.3 is 0 Å². The smallest absolute Gasteiger partial charge is 0.295 e. The van der Waals surface area contributed by atoms with Crippen molar-refractivity contribution in [1.29, 1.82) is 0 Å². The van der Waals surface area contributed by atoms with Gasteiger partial charge in [-0.3, -0.25) is 4.52 Å². The predicted octanol–water partition coefficient (Wildman–Crippen LogP) is 2.02. The molecule has 0 atom stereocenters. The van der Waals surface area contributed by atoms with Crippen molar-refractivity contribution in [3.63, 3.8) is 0 Å². The van der Waals surface area contributed by atoms with E-state index in [4.69, 9.17) is 16.1 Å². The topological polar surface area (TPSA) is 113 Å². The highest BCUT2D eigenvalue weighted by Gasteiger charge is 2.24. The minimum absolute atomic E-state index is 0.0372. The number of imidazole rings is 1. The molecule has 0 saturated carbocycles. The van der Waals surface area contributed by atoms with Crippen molar-refractivity contribution in [2.45, 2.75) is 0 Å². The van der Waals surface area contributed by atoms with E-state index in [1.54, 1.807) is 0 Å². The summed E-state index contributed by atoms with van der Waals surface area (Å²) in [5, 5.41) is 3.54. The molecule has 0 aliphatic rings. The summed E-state index contributed by atoms with van der Waals surface area (Å²) in [5.41, 5.74) is 0.541. The fraction of sp³-hybridized carbons (Fsp3) is 0.0625. The van der Waals surface area contributed by atoms with E-state index in [1.807, 2.05) is 0 Å². The zero-order chi connectivity index (χ0) is 20.2. The molecule has 28 heavy (non-hydrogen) atoms. The van der Waals surface area contributed by atoms with Gasteiger partial charge in [-0.2, -0.15) is 0 Å². The van der Waals surface area contributed by atoms with E-state index < -0.39 is 21.6 Å². The van der Waals surface area contributed by atoms with Crippen LogP contribution in [-0.2, 0) is 10.0 Å². The SMILES string of the molecule is [CH2]c1nc2nccc(-c3noc(=O)n3-c3ccc(F)c(Cl)c3)c2n1S(C)(=O)=O. The molecule has 0 unspecified atom stereocenters. The Labute approximate surface area is 162 Å². The maximum atomic E-state index is 13.5. The van der Waals surface area contributed by atoms with Crippen molar-refractivity contribution in [1.82, 2.24) is 23.7 Å². The van der Waals surface area contributed by atoms with Crippen LogP contribution in [0, 0.1) is 12.7 Å². The lowest BCUT2D eigenvalue weighted by Crippen LogP contribution is -2.15. The zero-order valence-electron chi connectivity index (χ0n) is 14.1. The summed E-state index contributed by atoms with van der Waals surface area (Å²) < 4.78 is 44.7. The van der Waals surface area contributed by atoms with Gasteiger partial charge in [-0.15, -0.1) is 0 Å². The Hall–Kier alpha value is -3.05. The molecular weight excluding hydrogens is 413 g/mol. The summed E-state index contributed by atoms with van der Waals surface area (Å²) in [6.45, 7) is 3.63. The number of hydrogen-bond donors (Lipinski definition) is 0. The van der Waals surface area contributed by atoms with Gasteiger partial charge in [0.05, 0.1) is 22.5 Å². The van der Waals surface area contributed by atoms with Crippen LogP contribution >= 0.6 is 11.6 Å². The monoisotopic (exact) mass is 422 g/mol. The van der Waals surface area contributed by atoms with Gasteiger partial charge in [0.1, 0.15) is 17.2 Å². The third-order valence-corrected chi connectivity index (χ3v) is 5.26. The lowest BCUT2D eigenvalue weighted by atomic mass is 10.2. The molecule has 1 radical (unpaired) electrons. The quantitative estimate of drug-likeness (QED) is 0.496. The summed E-state index contributed by atoms with van der Waals surface area (Å²) in [7, 11) is -3.80. The van der Waals surface area contributed by atoms with E-state index in [1.165, 1.54) is 24.4 Å². The number of rotatable bonds is 3. The third-order valence-electron chi connectivity index (χ3n) is 3.92. The van der Waals surface area contributed by atoms with Crippen molar-refractivity contribution in [3.8, 4) is 17.1 Å². The van der Waals surface area contributed by atoms with Crippen LogP contribution in [0.3, 0.4) is 0 Å². The Morgan fingerprint density at radius 2 is 2.04 bits per heavy atom. The van der Waals surface area contributed by atoms with E-state index in [0.29, 0.717) is 0 Å². The van der Waals surface area contributed by atoms with E-state index >= 15 is 0 Å². The lowest BCUT2D eigenvalue weighted by molar-refractivity contribution is 0.383. The molecule has 0 bridgehead atoms. The standard InChI is InChI=1S/C16H10ClFN5O4S/c1-8-20-14-13(23(8)28(2,25)26)10(5-6-19-14)15-21-27-16(24)22(15)9-3-4-12(18)11(17)7-9/h3-7H,1H2,2H3. The third kappa shape index (κ3) is 2.79. The number of nitrogens with zero attached hydrogens (tertiary/aromatic N) is 5. The van der Waals surface area contributed by atoms with Crippen LogP contribution in [-0.4, -0.2) is 38.3 Å². The summed E-state index contributed by atoms with van der Waals surface area (Å²) >= 11 is 5.81. The van der Waals surface area contributed by atoms with Crippen LogP contribution in [0.4, 0.5) is 4.39 Å². The molecule has 4 rings (SSSR count). The summed E-state index contributed by atoms with van der Waals surface area (Å²) in [5.74, 6) is -1.63. The summed E-state index contributed by atoms with van der Waals surface area (Å²) in [6.07, 6.45) is 2.35. The van der Waals surface area contributed by atoms with Gasteiger partial charge in [-0.05, 0) is 24.3 Å². The number of benzene rings is 1. The first-order valence-corrected chi connectivity index (χ1v) is 9.85. The molecule has 4 aromatic rings. The highest BCUT2D eigenvalue weighted by Crippen LogP contribution is 2.29. The first-order chi connectivity index (χ1) is 13.2. The second-order valence-electron chi connectivity index (χ2n) is 5.79. The molecule has 0 aliphatic heterocycles. The summed E-state index contributed by atoms with van der Waals surface area (Å²) in [4.78, 5) is 20.4. The van der Waals surface area contributed by atoms with Gasteiger partial charge in [0.25, 0.3) is 0 Å². The average molecular weight is 423 g/mol. The van der Waals surface area contributed by atoms with Crippen molar-refractivity contribution >= 4 is 32.8 Å². The molecule has 0 aliphatic carbocycles. The van der Waals surface area contributed by atoms with Crippen LogP contribution in [0.1, 0.15) is 5.82 Å². The van der Waals surface area contributed by atoms with Crippen LogP contribution < -0.4 is 5.76 Å². The van der Waals surface area contributed by atoms with Crippen molar-refractivity contribution in [2.75, 3.05) is 6.26 Å². The molecule has 9 nitrogen and oxygen atoms in total. The Kier molecular flexibility index (Phi) is 4.08. The Morgan fingerprint density at radius 3 is 2.71 bits per heavy atom. The minimum Gasteiger partial charge on any atom is -0.295 e. The molecule has 0 amide bonds. The van der Waals surface area contributed by atoms with Crippen LogP contribution in [0.15, 0.2) is 39.8 Å². The first kappa shape index (κ1) is 18.3. The zero-order valence-corrected chi connectivity index (χ0v) is 15.7. The molecular formula is C16H10ClFN5O4S.